The van der Waals surface area contributed by atoms with Crippen molar-refractivity contribution >= 4 is 0 Å². The number of hydrogen-bond acceptors (Lipinski definition) is 1. The van der Waals surface area contributed by atoms with Crippen LogP contribution in [0.1, 0.15) is 25.8 Å². The van der Waals surface area contributed by atoms with E-state index in [4.69, 9.17) is 5.11 Å². The Morgan fingerprint density at radius 1 is 1.08 bits per heavy atom. The Morgan fingerprint density at radius 3 is 2.00 bits per heavy atom. The summed E-state index contributed by atoms with van der Waals surface area (Å²) in [5.74, 6) is 0. The lowest BCUT2D eigenvalue weighted by Gasteiger charge is -1.93. The number of aliphatic hydroxyl groups excluding tert-OH is 1. The second kappa shape index (κ2) is 8.28. The molecular formula is C11H18O. The number of benzene rings is 1. The van der Waals surface area contributed by atoms with E-state index in [1.54, 1.807) is 0 Å². The van der Waals surface area contributed by atoms with Gasteiger partial charge in [0, 0.05) is 6.61 Å². The highest BCUT2D eigenvalue weighted by Gasteiger charge is 1.85. The van der Waals surface area contributed by atoms with Crippen LogP contribution in [0.25, 0.3) is 0 Å². The highest BCUT2D eigenvalue weighted by atomic mass is 16.2. The van der Waals surface area contributed by atoms with Gasteiger partial charge in [0.25, 0.3) is 0 Å². The molecule has 0 saturated carbocycles. The van der Waals surface area contributed by atoms with E-state index in [0.717, 1.165) is 6.42 Å². The van der Waals surface area contributed by atoms with Gasteiger partial charge in [0.05, 0.1) is 0 Å². The standard InChI is InChI=1S/C8H10O.C3H8/c9-7-6-8-4-2-1-3-5-8;1-3-2/h1-5,9H,6-7H2;3H2,1-2H3. The second-order valence-electron chi connectivity index (χ2n) is 2.67. The van der Waals surface area contributed by atoms with Crippen LogP contribution in [-0.2, 0) is 6.42 Å². The molecule has 0 bridgehead atoms. The lowest BCUT2D eigenvalue weighted by Crippen LogP contribution is -1.88. The molecule has 0 spiro atoms. The first-order chi connectivity index (χ1) is 5.85. The summed E-state index contributed by atoms with van der Waals surface area (Å²) in [5, 5.41) is 8.52. The summed E-state index contributed by atoms with van der Waals surface area (Å²) in [6.45, 7) is 4.49. The van der Waals surface area contributed by atoms with Crippen LogP contribution in [0.5, 0.6) is 0 Å². The van der Waals surface area contributed by atoms with Crippen LogP contribution in [0.15, 0.2) is 30.3 Å². The summed E-state index contributed by atoms with van der Waals surface area (Å²) in [6, 6.07) is 9.95. The van der Waals surface area contributed by atoms with Crippen molar-refractivity contribution in [3.8, 4) is 0 Å². The van der Waals surface area contributed by atoms with E-state index in [9.17, 15) is 0 Å². The maximum Gasteiger partial charge on any atom is 0.0471 e. The fraction of sp³-hybridized carbons (Fsp3) is 0.455. The molecule has 0 atom stereocenters. The molecule has 0 aliphatic rings. The summed E-state index contributed by atoms with van der Waals surface area (Å²) in [5.41, 5.74) is 1.19. The van der Waals surface area contributed by atoms with Gasteiger partial charge < -0.3 is 5.11 Å². The summed E-state index contributed by atoms with van der Waals surface area (Å²) >= 11 is 0. The van der Waals surface area contributed by atoms with Crippen LogP contribution < -0.4 is 0 Å². The Morgan fingerprint density at radius 2 is 1.58 bits per heavy atom. The average molecular weight is 166 g/mol. The maximum absolute atomic E-state index is 8.52. The van der Waals surface area contributed by atoms with E-state index >= 15 is 0 Å². The third kappa shape index (κ3) is 5.93. The molecule has 0 aliphatic heterocycles. The van der Waals surface area contributed by atoms with Crippen LogP contribution >= 0.6 is 0 Å². The number of aliphatic hydroxyl groups is 1. The fourth-order valence-electron chi connectivity index (χ4n) is 0.774. The summed E-state index contributed by atoms with van der Waals surface area (Å²) in [4.78, 5) is 0. The molecule has 12 heavy (non-hydrogen) atoms. The van der Waals surface area contributed by atoms with Crippen molar-refractivity contribution in [1.29, 1.82) is 0 Å². The van der Waals surface area contributed by atoms with Gasteiger partial charge in [0.2, 0.25) is 0 Å². The largest absolute Gasteiger partial charge is 0.396 e. The van der Waals surface area contributed by atoms with E-state index in [1.807, 2.05) is 30.3 Å². The van der Waals surface area contributed by atoms with Crippen molar-refractivity contribution in [3.63, 3.8) is 0 Å². The van der Waals surface area contributed by atoms with Crippen molar-refractivity contribution in [2.24, 2.45) is 0 Å². The van der Waals surface area contributed by atoms with Gasteiger partial charge in [-0.25, -0.2) is 0 Å². The first-order valence-corrected chi connectivity index (χ1v) is 4.49. The highest BCUT2D eigenvalue weighted by molar-refractivity contribution is 5.14. The average Bonchev–Trinajstić information content (AvgIpc) is 2.08. The molecule has 0 radical (unpaired) electrons. The van der Waals surface area contributed by atoms with Gasteiger partial charge in [-0.05, 0) is 12.0 Å². The third-order valence-electron chi connectivity index (χ3n) is 1.24. The van der Waals surface area contributed by atoms with E-state index in [0.29, 0.717) is 0 Å². The lowest BCUT2D eigenvalue weighted by atomic mass is 10.2. The zero-order valence-corrected chi connectivity index (χ0v) is 7.96. The molecule has 1 nitrogen and oxygen atoms in total. The predicted octanol–water partition coefficient (Wildman–Crippen LogP) is 2.64. The molecule has 0 fully saturated rings. The Hall–Kier alpha value is -0.820. The topological polar surface area (TPSA) is 20.2 Å². The minimum atomic E-state index is 0.240. The Balaban J connectivity index is 0.000000354. The summed E-state index contributed by atoms with van der Waals surface area (Å²) in [7, 11) is 0. The lowest BCUT2D eigenvalue weighted by molar-refractivity contribution is 0.299. The molecule has 0 amide bonds. The molecule has 1 aromatic carbocycles. The Labute approximate surface area is 75.1 Å². The van der Waals surface area contributed by atoms with Crippen LogP contribution in [0, 0.1) is 0 Å². The van der Waals surface area contributed by atoms with Gasteiger partial charge in [-0.2, -0.15) is 0 Å². The summed E-state index contributed by atoms with van der Waals surface area (Å²) < 4.78 is 0. The van der Waals surface area contributed by atoms with Crippen molar-refractivity contribution in [2.45, 2.75) is 26.7 Å². The molecule has 0 aliphatic carbocycles. The molecule has 1 rings (SSSR count). The SMILES string of the molecule is CCC.OCCc1ccccc1. The van der Waals surface area contributed by atoms with Gasteiger partial charge in [0.15, 0.2) is 0 Å². The van der Waals surface area contributed by atoms with E-state index in [-0.39, 0.29) is 6.61 Å². The molecule has 1 N–H and O–H groups in total. The van der Waals surface area contributed by atoms with E-state index < -0.39 is 0 Å². The first kappa shape index (κ1) is 11.2. The number of rotatable bonds is 2. The van der Waals surface area contributed by atoms with Crippen molar-refractivity contribution < 1.29 is 5.11 Å². The molecule has 1 heteroatoms. The fourth-order valence-corrected chi connectivity index (χ4v) is 0.774. The van der Waals surface area contributed by atoms with Crippen molar-refractivity contribution in [1.82, 2.24) is 0 Å². The zero-order valence-electron chi connectivity index (χ0n) is 7.96. The summed E-state index contributed by atoms with van der Waals surface area (Å²) in [6.07, 6.45) is 2.01. The molecule has 0 unspecified atom stereocenters. The van der Waals surface area contributed by atoms with Crippen molar-refractivity contribution in [2.75, 3.05) is 6.61 Å². The second-order valence-corrected chi connectivity index (χ2v) is 2.67. The van der Waals surface area contributed by atoms with Gasteiger partial charge in [0.1, 0.15) is 0 Å². The van der Waals surface area contributed by atoms with Crippen molar-refractivity contribution in [3.05, 3.63) is 35.9 Å². The molecular weight excluding hydrogens is 148 g/mol. The predicted molar refractivity (Wildman–Crippen MR) is 53.2 cm³/mol. The van der Waals surface area contributed by atoms with Crippen LogP contribution in [-0.4, -0.2) is 11.7 Å². The monoisotopic (exact) mass is 166 g/mol. The molecule has 68 valence electrons. The number of hydrogen-bond donors (Lipinski definition) is 1. The minimum absolute atomic E-state index is 0.240. The smallest absolute Gasteiger partial charge is 0.0471 e. The van der Waals surface area contributed by atoms with E-state index in [2.05, 4.69) is 13.8 Å². The molecule has 0 heterocycles. The van der Waals surface area contributed by atoms with E-state index in [1.165, 1.54) is 12.0 Å². The molecule has 0 saturated heterocycles. The third-order valence-corrected chi connectivity index (χ3v) is 1.24. The van der Waals surface area contributed by atoms with Crippen LogP contribution in [0.3, 0.4) is 0 Å². The quantitative estimate of drug-likeness (QED) is 0.716. The van der Waals surface area contributed by atoms with Crippen LogP contribution in [0.4, 0.5) is 0 Å². The minimum Gasteiger partial charge on any atom is -0.396 e. The normalized spacial score (nSPS) is 8.58. The Bertz CT molecular complexity index is 170. The first-order valence-electron chi connectivity index (χ1n) is 4.49. The van der Waals surface area contributed by atoms with Crippen LogP contribution in [0.2, 0.25) is 0 Å². The van der Waals surface area contributed by atoms with Gasteiger partial charge in [-0.3, -0.25) is 0 Å². The molecule has 1 aromatic rings. The van der Waals surface area contributed by atoms with Gasteiger partial charge >= 0.3 is 0 Å². The maximum atomic E-state index is 8.52. The highest BCUT2D eigenvalue weighted by Crippen LogP contribution is 1.97. The zero-order chi connectivity index (χ0) is 9.23. The molecule has 0 aromatic heterocycles. The van der Waals surface area contributed by atoms with Gasteiger partial charge in [-0.1, -0.05) is 50.6 Å². The van der Waals surface area contributed by atoms with Gasteiger partial charge in [-0.15, -0.1) is 0 Å². The Kier molecular flexibility index (Phi) is 7.71.